The highest BCUT2D eigenvalue weighted by atomic mass is 16.2. The normalized spacial score (nSPS) is 20.6. The standard InChI is InChI=1S/C32H38N2O2/c1-23-10-8-11-25(20-23)22-32(34(3)4)18-16-29(17-19-32)33-31(36)24(2)27-14-9-15-28(21-27)30(35)26-12-6-5-7-13-26/h5-15,20-21,24,29H,16-19,22H2,1-4H3,(H,33,36). The minimum absolute atomic E-state index is 0.0222. The van der Waals surface area contributed by atoms with Crippen molar-refractivity contribution < 1.29 is 9.59 Å². The van der Waals surface area contributed by atoms with Crippen LogP contribution in [-0.2, 0) is 11.2 Å². The van der Waals surface area contributed by atoms with Gasteiger partial charge in [0.05, 0.1) is 5.92 Å². The van der Waals surface area contributed by atoms with Gasteiger partial charge in [0, 0.05) is 22.7 Å². The number of likely N-dealkylation sites (N-methyl/N-ethyl adjacent to an activating group) is 1. The zero-order valence-corrected chi connectivity index (χ0v) is 22.0. The molecule has 1 amide bonds. The molecule has 3 aromatic carbocycles. The Morgan fingerprint density at radius 1 is 0.917 bits per heavy atom. The number of ketones is 1. The van der Waals surface area contributed by atoms with E-state index in [-0.39, 0.29) is 29.2 Å². The average Bonchev–Trinajstić information content (AvgIpc) is 2.89. The van der Waals surface area contributed by atoms with E-state index in [4.69, 9.17) is 0 Å². The fourth-order valence-corrected chi connectivity index (χ4v) is 5.47. The van der Waals surface area contributed by atoms with E-state index in [1.165, 1.54) is 11.1 Å². The highest BCUT2D eigenvalue weighted by molar-refractivity contribution is 6.09. The lowest BCUT2D eigenvalue weighted by Gasteiger charge is -2.45. The molecule has 36 heavy (non-hydrogen) atoms. The molecule has 4 rings (SSSR count). The van der Waals surface area contributed by atoms with E-state index < -0.39 is 0 Å². The molecule has 0 aromatic heterocycles. The first kappa shape index (κ1) is 25.8. The molecule has 1 N–H and O–H groups in total. The summed E-state index contributed by atoms with van der Waals surface area (Å²) in [5.41, 5.74) is 4.93. The number of nitrogens with one attached hydrogen (secondary N) is 1. The molecular formula is C32H38N2O2. The second kappa shape index (κ2) is 11.2. The number of aryl methyl sites for hydroxylation is 1. The van der Waals surface area contributed by atoms with Gasteiger partial charge >= 0.3 is 0 Å². The number of hydrogen-bond acceptors (Lipinski definition) is 3. The molecule has 0 radical (unpaired) electrons. The zero-order chi connectivity index (χ0) is 25.7. The molecule has 0 bridgehead atoms. The molecule has 1 fully saturated rings. The minimum atomic E-state index is -0.318. The van der Waals surface area contributed by atoms with E-state index >= 15 is 0 Å². The first-order chi connectivity index (χ1) is 17.3. The van der Waals surface area contributed by atoms with Gasteiger partial charge in [-0.3, -0.25) is 9.59 Å². The summed E-state index contributed by atoms with van der Waals surface area (Å²) in [4.78, 5) is 28.4. The van der Waals surface area contributed by atoms with Crippen LogP contribution >= 0.6 is 0 Å². The Hall–Kier alpha value is -3.24. The molecule has 0 saturated heterocycles. The SMILES string of the molecule is Cc1cccc(CC2(N(C)C)CCC(NC(=O)C(C)c3cccc(C(=O)c4ccccc4)c3)CC2)c1. The number of carbonyl (C=O) groups is 2. The summed E-state index contributed by atoms with van der Waals surface area (Å²) in [6.45, 7) is 4.07. The van der Waals surface area contributed by atoms with Gasteiger partial charge in [0.15, 0.2) is 5.78 Å². The third-order valence-corrected chi connectivity index (χ3v) is 7.91. The summed E-state index contributed by atoms with van der Waals surface area (Å²) in [5.74, 6) is -0.312. The lowest BCUT2D eigenvalue weighted by molar-refractivity contribution is -0.123. The summed E-state index contributed by atoms with van der Waals surface area (Å²) in [6.07, 6.45) is 5.06. The summed E-state index contributed by atoms with van der Waals surface area (Å²) in [6, 6.07) is 25.7. The van der Waals surface area contributed by atoms with Gasteiger partial charge in [-0.1, -0.05) is 78.4 Å². The third-order valence-electron chi connectivity index (χ3n) is 7.91. The van der Waals surface area contributed by atoms with Crippen LogP contribution in [0.2, 0.25) is 0 Å². The molecule has 1 aliphatic carbocycles. The van der Waals surface area contributed by atoms with Gasteiger partial charge in [-0.05, 0) is 77.2 Å². The van der Waals surface area contributed by atoms with Gasteiger partial charge in [0.2, 0.25) is 5.91 Å². The predicted octanol–water partition coefficient (Wildman–Crippen LogP) is 5.93. The third kappa shape index (κ3) is 5.93. The second-order valence-electron chi connectivity index (χ2n) is 10.6. The number of nitrogens with zero attached hydrogens (tertiary/aromatic N) is 1. The van der Waals surface area contributed by atoms with Gasteiger partial charge in [0.25, 0.3) is 0 Å². The maximum Gasteiger partial charge on any atom is 0.227 e. The van der Waals surface area contributed by atoms with Gasteiger partial charge in [0.1, 0.15) is 0 Å². The molecule has 188 valence electrons. The summed E-state index contributed by atoms with van der Waals surface area (Å²) >= 11 is 0. The first-order valence-corrected chi connectivity index (χ1v) is 13.0. The molecule has 1 atom stereocenters. The Bertz CT molecular complexity index is 1190. The van der Waals surface area contributed by atoms with Gasteiger partial charge in [-0.15, -0.1) is 0 Å². The minimum Gasteiger partial charge on any atom is -0.353 e. The number of hydrogen-bond donors (Lipinski definition) is 1. The lowest BCUT2D eigenvalue weighted by Crippen LogP contribution is -2.52. The molecule has 1 aliphatic rings. The molecular weight excluding hydrogens is 444 g/mol. The maximum atomic E-state index is 13.2. The van der Waals surface area contributed by atoms with E-state index in [0.29, 0.717) is 11.1 Å². The highest BCUT2D eigenvalue weighted by Crippen LogP contribution is 2.36. The van der Waals surface area contributed by atoms with Crippen LogP contribution < -0.4 is 5.32 Å². The molecule has 0 heterocycles. The lowest BCUT2D eigenvalue weighted by atomic mass is 9.74. The molecule has 4 heteroatoms. The number of rotatable bonds is 8. The molecule has 0 spiro atoms. The van der Waals surface area contributed by atoms with E-state index in [1.807, 2.05) is 61.5 Å². The molecule has 3 aromatic rings. The summed E-state index contributed by atoms with van der Waals surface area (Å²) < 4.78 is 0. The number of carbonyl (C=O) groups excluding carboxylic acids is 2. The van der Waals surface area contributed by atoms with Crippen molar-refractivity contribution in [3.05, 3.63) is 107 Å². The monoisotopic (exact) mass is 482 g/mol. The fraction of sp³-hybridized carbons (Fsp3) is 0.375. The average molecular weight is 483 g/mol. The summed E-state index contributed by atoms with van der Waals surface area (Å²) in [5, 5.41) is 3.30. The molecule has 4 nitrogen and oxygen atoms in total. The Balaban J connectivity index is 1.38. The Morgan fingerprint density at radius 3 is 2.25 bits per heavy atom. The van der Waals surface area contributed by atoms with E-state index in [1.54, 1.807) is 0 Å². The quantitative estimate of drug-likeness (QED) is 0.405. The Labute approximate surface area is 215 Å². The predicted molar refractivity (Wildman–Crippen MR) is 146 cm³/mol. The van der Waals surface area contributed by atoms with Crippen molar-refractivity contribution in [3.63, 3.8) is 0 Å². The second-order valence-corrected chi connectivity index (χ2v) is 10.6. The van der Waals surface area contributed by atoms with Crippen LogP contribution in [0.15, 0.2) is 78.9 Å². The van der Waals surface area contributed by atoms with Crippen LogP contribution in [-0.4, -0.2) is 42.3 Å². The van der Waals surface area contributed by atoms with Crippen molar-refractivity contribution in [3.8, 4) is 0 Å². The Kier molecular flexibility index (Phi) is 8.05. The maximum absolute atomic E-state index is 13.2. The van der Waals surface area contributed by atoms with Crippen molar-refractivity contribution in [2.45, 2.75) is 63.5 Å². The van der Waals surface area contributed by atoms with Crippen LogP contribution in [0.3, 0.4) is 0 Å². The van der Waals surface area contributed by atoms with Crippen LogP contribution in [0.25, 0.3) is 0 Å². The van der Waals surface area contributed by atoms with Crippen LogP contribution in [0.5, 0.6) is 0 Å². The molecule has 0 aliphatic heterocycles. The van der Waals surface area contributed by atoms with Crippen LogP contribution in [0.1, 0.15) is 71.1 Å². The smallest absolute Gasteiger partial charge is 0.227 e. The van der Waals surface area contributed by atoms with E-state index in [2.05, 4.69) is 55.5 Å². The van der Waals surface area contributed by atoms with Crippen molar-refractivity contribution >= 4 is 11.7 Å². The first-order valence-electron chi connectivity index (χ1n) is 13.0. The largest absolute Gasteiger partial charge is 0.353 e. The van der Waals surface area contributed by atoms with E-state index in [0.717, 1.165) is 37.7 Å². The molecule has 1 unspecified atom stereocenters. The van der Waals surface area contributed by atoms with Crippen LogP contribution in [0, 0.1) is 6.92 Å². The highest BCUT2D eigenvalue weighted by Gasteiger charge is 2.38. The Morgan fingerprint density at radius 2 is 1.58 bits per heavy atom. The van der Waals surface area contributed by atoms with Crippen molar-refractivity contribution in [2.75, 3.05) is 14.1 Å². The van der Waals surface area contributed by atoms with Gasteiger partial charge < -0.3 is 10.2 Å². The zero-order valence-electron chi connectivity index (χ0n) is 22.0. The van der Waals surface area contributed by atoms with Crippen molar-refractivity contribution in [1.82, 2.24) is 10.2 Å². The topological polar surface area (TPSA) is 49.4 Å². The molecule has 1 saturated carbocycles. The van der Waals surface area contributed by atoms with Gasteiger partial charge in [-0.25, -0.2) is 0 Å². The van der Waals surface area contributed by atoms with Gasteiger partial charge in [-0.2, -0.15) is 0 Å². The van der Waals surface area contributed by atoms with Crippen LogP contribution in [0.4, 0.5) is 0 Å². The number of benzene rings is 3. The van der Waals surface area contributed by atoms with Crippen molar-refractivity contribution in [1.29, 1.82) is 0 Å². The van der Waals surface area contributed by atoms with E-state index in [9.17, 15) is 9.59 Å². The number of amides is 1. The fourth-order valence-electron chi connectivity index (χ4n) is 5.47. The van der Waals surface area contributed by atoms with Crippen molar-refractivity contribution in [2.24, 2.45) is 0 Å². The summed E-state index contributed by atoms with van der Waals surface area (Å²) in [7, 11) is 4.36.